The zero-order valence-electron chi connectivity index (χ0n) is 9.69. The Balaban J connectivity index is 2.08. The molecular weight excluding hydrogens is 217 g/mol. The molecule has 1 aromatic heterocycles. The van der Waals surface area contributed by atoms with Gasteiger partial charge in [-0.25, -0.2) is 9.37 Å². The van der Waals surface area contributed by atoms with E-state index in [1.54, 1.807) is 24.4 Å². The van der Waals surface area contributed by atoms with E-state index in [9.17, 15) is 4.39 Å². The van der Waals surface area contributed by atoms with Crippen LogP contribution in [0.4, 0.5) is 4.39 Å². The van der Waals surface area contributed by atoms with E-state index in [-0.39, 0.29) is 5.82 Å². The molecule has 0 radical (unpaired) electrons. The van der Waals surface area contributed by atoms with Crippen LogP contribution < -0.4 is 4.74 Å². The predicted octanol–water partition coefficient (Wildman–Crippen LogP) is 3.97. The zero-order valence-corrected chi connectivity index (χ0v) is 9.69. The molecule has 0 atom stereocenters. The number of halogens is 1. The summed E-state index contributed by atoms with van der Waals surface area (Å²) in [6.45, 7) is 2.12. The van der Waals surface area contributed by atoms with E-state index in [2.05, 4.69) is 11.9 Å². The number of pyridine rings is 1. The molecule has 1 aromatic carbocycles. The van der Waals surface area contributed by atoms with E-state index in [0.717, 1.165) is 12.8 Å². The van der Waals surface area contributed by atoms with Crippen LogP contribution in [0.1, 0.15) is 18.9 Å². The fraction of sp³-hybridized carbons (Fsp3) is 0.214. The van der Waals surface area contributed by atoms with Gasteiger partial charge in [0.15, 0.2) is 0 Å². The lowest BCUT2D eigenvalue weighted by Crippen LogP contribution is -1.90. The lowest BCUT2D eigenvalue weighted by atomic mass is 10.2. The van der Waals surface area contributed by atoms with Gasteiger partial charge in [-0.3, -0.25) is 0 Å². The molecule has 0 fully saturated rings. The highest BCUT2D eigenvalue weighted by Crippen LogP contribution is 2.20. The van der Waals surface area contributed by atoms with E-state index in [1.165, 1.54) is 17.7 Å². The van der Waals surface area contributed by atoms with Crippen LogP contribution in [0.3, 0.4) is 0 Å². The largest absolute Gasteiger partial charge is 0.439 e. The molecule has 2 aromatic rings. The van der Waals surface area contributed by atoms with Crippen LogP contribution in [0, 0.1) is 5.82 Å². The Bertz CT molecular complexity index is 482. The first-order chi connectivity index (χ1) is 8.28. The minimum absolute atomic E-state index is 0.315. The SMILES string of the molecule is CCCc1ccc(Oc2cccc(F)c2)nc1. The number of hydrogen-bond donors (Lipinski definition) is 0. The van der Waals surface area contributed by atoms with Crippen molar-refractivity contribution in [3.8, 4) is 11.6 Å². The molecule has 0 aliphatic rings. The maximum Gasteiger partial charge on any atom is 0.219 e. The summed E-state index contributed by atoms with van der Waals surface area (Å²) >= 11 is 0. The molecule has 0 aliphatic carbocycles. The van der Waals surface area contributed by atoms with E-state index in [0.29, 0.717) is 11.6 Å². The van der Waals surface area contributed by atoms with Crippen molar-refractivity contribution in [3.05, 3.63) is 54.0 Å². The summed E-state index contributed by atoms with van der Waals surface area (Å²) in [5.74, 6) is 0.626. The van der Waals surface area contributed by atoms with Gasteiger partial charge >= 0.3 is 0 Å². The van der Waals surface area contributed by atoms with Crippen LogP contribution in [0.2, 0.25) is 0 Å². The Labute approximate surface area is 100 Å². The standard InChI is InChI=1S/C14H14FNO/c1-2-4-11-7-8-14(16-10-11)17-13-6-3-5-12(15)9-13/h3,5-10H,2,4H2,1H3. The van der Waals surface area contributed by atoms with Gasteiger partial charge in [-0.05, 0) is 24.1 Å². The molecule has 0 saturated heterocycles. The van der Waals surface area contributed by atoms with E-state index in [4.69, 9.17) is 4.74 Å². The molecule has 0 unspecified atom stereocenters. The van der Waals surface area contributed by atoms with Crippen molar-refractivity contribution in [1.29, 1.82) is 0 Å². The second-order valence-corrected chi connectivity index (χ2v) is 3.81. The fourth-order valence-corrected chi connectivity index (χ4v) is 1.56. The predicted molar refractivity (Wildman–Crippen MR) is 64.7 cm³/mol. The first-order valence-electron chi connectivity index (χ1n) is 5.66. The number of rotatable bonds is 4. The number of aryl methyl sites for hydroxylation is 1. The van der Waals surface area contributed by atoms with Crippen molar-refractivity contribution < 1.29 is 9.13 Å². The van der Waals surface area contributed by atoms with Crippen molar-refractivity contribution in [3.63, 3.8) is 0 Å². The highest BCUT2D eigenvalue weighted by atomic mass is 19.1. The molecule has 2 nitrogen and oxygen atoms in total. The molecule has 0 saturated carbocycles. The maximum absolute atomic E-state index is 12.9. The topological polar surface area (TPSA) is 22.1 Å². The normalized spacial score (nSPS) is 10.2. The molecule has 88 valence electrons. The number of hydrogen-bond acceptors (Lipinski definition) is 2. The maximum atomic E-state index is 12.9. The van der Waals surface area contributed by atoms with E-state index < -0.39 is 0 Å². The minimum Gasteiger partial charge on any atom is -0.439 e. The summed E-state index contributed by atoms with van der Waals surface area (Å²) in [6, 6.07) is 9.80. The quantitative estimate of drug-likeness (QED) is 0.794. The molecule has 2 rings (SSSR count). The van der Waals surface area contributed by atoms with Crippen LogP contribution in [-0.2, 0) is 6.42 Å². The molecule has 17 heavy (non-hydrogen) atoms. The van der Waals surface area contributed by atoms with Crippen LogP contribution >= 0.6 is 0 Å². The highest BCUT2D eigenvalue weighted by molar-refractivity contribution is 5.28. The molecule has 0 bridgehead atoms. The van der Waals surface area contributed by atoms with Crippen LogP contribution in [0.5, 0.6) is 11.6 Å². The molecular formula is C14H14FNO. The number of ether oxygens (including phenoxy) is 1. The highest BCUT2D eigenvalue weighted by Gasteiger charge is 2.00. The summed E-state index contributed by atoms with van der Waals surface area (Å²) < 4.78 is 18.4. The smallest absolute Gasteiger partial charge is 0.219 e. The Morgan fingerprint density at radius 1 is 1.24 bits per heavy atom. The number of benzene rings is 1. The Morgan fingerprint density at radius 2 is 2.12 bits per heavy atom. The average Bonchev–Trinajstić information content (AvgIpc) is 2.32. The van der Waals surface area contributed by atoms with Gasteiger partial charge in [0.2, 0.25) is 5.88 Å². The van der Waals surface area contributed by atoms with Crippen LogP contribution in [-0.4, -0.2) is 4.98 Å². The molecule has 0 aliphatic heterocycles. The summed E-state index contributed by atoms with van der Waals surface area (Å²) in [4.78, 5) is 4.18. The van der Waals surface area contributed by atoms with Gasteiger partial charge in [0.25, 0.3) is 0 Å². The molecule has 1 heterocycles. The molecule has 0 spiro atoms. The first kappa shape index (κ1) is 11.6. The third-order valence-corrected chi connectivity index (χ3v) is 2.35. The first-order valence-corrected chi connectivity index (χ1v) is 5.66. The van der Waals surface area contributed by atoms with E-state index >= 15 is 0 Å². The number of nitrogens with zero attached hydrogens (tertiary/aromatic N) is 1. The lowest BCUT2D eigenvalue weighted by Gasteiger charge is -2.05. The Hall–Kier alpha value is -1.90. The summed E-state index contributed by atoms with van der Waals surface area (Å²) in [7, 11) is 0. The van der Waals surface area contributed by atoms with Gasteiger partial charge in [0.05, 0.1) is 0 Å². The molecule has 0 N–H and O–H groups in total. The van der Waals surface area contributed by atoms with Gasteiger partial charge < -0.3 is 4.74 Å². The monoisotopic (exact) mass is 231 g/mol. The number of aromatic nitrogens is 1. The van der Waals surface area contributed by atoms with Crippen LogP contribution in [0.15, 0.2) is 42.6 Å². The minimum atomic E-state index is -0.315. The second-order valence-electron chi connectivity index (χ2n) is 3.81. The van der Waals surface area contributed by atoms with E-state index in [1.807, 2.05) is 6.07 Å². The zero-order chi connectivity index (χ0) is 12.1. The Kier molecular flexibility index (Phi) is 3.70. The third-order valence-electron chi connectivity index (χ3n) is 2.35. The van der Waals surface area contributed by atoms with Crippen molar-refractivity contribution >= 4 is 0 Å². The summed E-state index contributed by atoms with van der Waals surface area (Å²) in [5, 5.41) is 0. The lowest BCUT2D eigenvalue weighted by molar-refractivity contribution is 0.457. The Morgan fingerprint density at radius 3 is 2.76 bits per heavy atom. The van der Waals surface area contributed by atoms with Crippen molar-refractivity contribution in [1.82, 2.24) is 4.98 Å². The van der Waals surface area contributed by atoms with Gasteiger partial charge in [-0.2, -0.15) is 0 Å². The molecule has 3 heteroatoms. The molecule has 0 amide bonds. The van der Waals surface area contributed by atoms with Gasteiger partial charge in [-0.1, -0.05) is 25.5 Å². The fourth-order valence-electron chi connectivity index (χ4n) is 1.56. The van der Waals surface area contributed by atoms with Crippen molar-refractivity contribution in [2.24, 2.45) is 0 Å². The average molecular weight is 231 g/mol. The second kappa shape index (κ2) is 5.43. The summed E-state index contributed by atoms with van der Waals surface area (Å²) in [6.07, 6.45) is 3.89. The van der Waals surface area contributed by atoms with Gasteiger partial charge in [-0.15, -0.1) is 0 Å². The van der Waals surface area contributed by atoms with Gasteiger partial charge in [0, 0.05) is 18.3 Å². The summed E-state index contributed by atoms with van der Waals surface area (Å²) in [5.41, 5.74) is 1.18. The van der Waals surface area contributed by atoms with Crippen molar-refractivity contribution in [2.75, 3.05) is 0 Å². The third kappa shape index (κ3) is 3.28. The van der Waals surface area contributed by atoms with Crippen LogP contribution in [0.25, 0.3) is 0 Å². The van der Waals surface area contributed by atoms with Crippen molar-refractivity contribution in [2.45, 2.75) is 19.8 Å². The van der Waals surface area contributed by atoms with Gasteiger partial charge in [0.1, 0.15) is 11.6 Å².